The average Bonchev–Trinajstić information content (AvgIpc) is 3.46. The van der Waals surface area contributed by atoms with E-state index in [9.17, 15) is 22.8 Å². The largest absolute Gasteiger partial charge is 0.523 e. The van der Waals surface area contributed by atoms with Gasteiger partial charge in [-0.25, -0.2) is 9.67 Å². The number of carbonyl (C=O) groups is 2. The molecule has 38 heavy (non-hydrogen) atoms. The van der Waals surface area contributed by atoms with Crippen LogP contribution in [0.15, 0.2) is 55.5 Å². The third-order valence-corrected chi connectivity index (χ3v) is 5.91. The van der Waals surface area contributed by atoms with Gasteiger partial charge in [0.2, 0.25) is 11.8 Å². The molecule has 0 bridgehead atoms. The van der Waals surface area contributed by atoms with Gasteiger partial charge < -0.3 is 10.2 Å². The molecule has 3 aromatic heterocycles. The summed E-state index contributed by atoms with van der Waals surface area (Å²) >= 11 is 0. The summed E-state index contributed by atoms with van der Waals surface area (Å²) in [5.74, 6) is -0.525. The van der Waals surface area contributed by atoms with E-state index in [-0.39, 0.29) is 25.4 Å². The fourth-order valence-corrected chi connectivity index (χ4v) is 3.97. The molecule has 3 heterocycles. The van der Waals surface area contributed by atoms with Gasteiger partial charge in [0.1, 0.15) is 6.54 Å². The van der Waals surface area contributed by atoms with E-state index in [0.29, 0.717) is 33.6 Å². The Balaban J connectivity index is 1.75. The van der Waals surface area contributed by atoms with Crippen molar-refractivity contribution >= 4 is 28.5 Å². The molecule has 0 saturated carbocycles. The van der Waals surface area contributed by atoms with Crippen LogP contribution in [0.1, 0.15) is 19.0 Å². The third kappa shape index (κ3) is 5.83. The number of carbonyl (C=O) groups excluding carboxylic acids is 2. The summed E-state index contributed by atoms with van der Waals surface area (Å²) in [6.45, 7) is 4.90. The van der Waals surface area contributed by atoms with Gasteiger partial charge in [0.15, 0.2) is 5.65 Å². The Bertz CT molecular complexity index is 1450. The number of halogens is 3. The van der Waals surface area contributed by atoms with E-state index in [1.807, 2.05) is 0 Å². The summed E-state index contributed by atoms with van der Waals surface area (Å²) in [4.78, 5) is 29.9. The Kier molecular flexibility index (Phi) is 7.22. The summed E-state index contributed by atoms with van der Waals surface area (Å²) in [6.07, 6.45) is 5.63. The van der Waals surface area contributed by atoms with Crippen molar-refractivity contribution in [2.75, 3.05) is 14.1 Å². The van der Waals surface area contributed by atoms with Crippen molar-refractivity contribution in [2.45, 2.75) is 38.4 Å². The Labute approximate surface area is 216 Å². The second-order valence-electron chi connectivity index (χ2n) is 9.08. The zero-order chi connectivity index (χ0) is 27.7. The van der Waals surface area contributed by atoms with Gasteiger partial charge in [-0.15, -0.1) is 13.2 Å². The second kappa shape index (κ2) is 10.2. The Morgan fingerprint density at radius 2 is 2.11 bits per heavy atom. The lowest BCUT2D eigenvalue weighted by molar-refractivity contribution is -0.355. The predicted octanol–water partition coefficient (Wildman–Crippen LogP) is 3.28. The molecule has 0 saturated heterocycles. The average molecular weight is 530 g/mol. The number of fused-ring (bicyclic) bond motifs is 1. The molecule has 200 valence electrons. The lowest BCUT2D eigenvalue weighted by Crippen LogP contribution is -2.34. The standard InChI is InChI=1S/C25H26F3N7O3/c1-5-20(36)30-13-19-22-18(16-12-31-34(14-16)15-21(37)33(3)4)8-11-29-23(22)35(32-19)17-6-9-24(2,10-7-17)38-25(26,27)28/h5-9,11-12,14H,1,10,13,15H2,2-4H3,(H,30,36). The van der Waals surface area contributed by atoms with Crippen molar-refractivity contribution in [2.24, 2.45) is 0 Å². The molecule has 0 fully saturated rings. The first kappa shape index (κ1) is 26.8. The quantitative estimate of drug-likeness (QED) is 0.449. The highest BCUT2D eigenvalue weighted by molar-refractivity contribution is 5.96. The molecule has 4 rings (SSSR count). The number of ether oxygens (including phenoxy) is 1. The van der Waals surface area contributed by atoms with Crippen LogP contribution in [0.25, 0.3) is 27.9 Å². The Morgan fingerprint density at radius 1 is 1.34 bits per heavy atom. The highest BCUT2D eigenvalue weighted by Crippen LogP contribution is 2.35. The topological polar surface area (TPSA) is 107 Å². The number of allylic oxidation sites excluding steroid dienone is 2. The fourth-order valence-electron chi connectivity index (χ4n) is 3.97. The summed E-state index contributed by atoms with van der Waals surface area (Å²) in [7, 11) is 3.31. The molecule has 0 spiro atoms. The first-order valence-electron chi connectivity index (χ1n) is 11.6. The van der Waals surface area contributed by atoms with Gasteiger partial charge in [0.25, 0.3) is 0 Å². The number of nitrogens with zero attached hydrogens (tertiary/aromatic N) is 6. The molecular formula is C25H26F3N7O3. The summed E-state index contributed by atoms with van der Waals surface area (Å²) in [6, 6.07) is 1.77. The molecule has 1 aliphatic rings. The molecule has 2 amide bonds. The Hall–Kier alpha value is -4.26. The first-order valence-corrected chi connectivity index (χ1v) is 11.6. The van der Waals surface area contributed by atoms with Crippen molar-refractivity contribution in [3.8, 4) is 11.1 Å². The molecular weight excluding hydrogens is 503 g/mol. The van der Waals surface area contributed by atoms with Crippen LogP contribution in [0.4, 0.5) is 13.2 Å². The smallest absolute Gasteiger partial charge is 0.347 e. The van der Waals surface area contributed by atoms with Crippen LogP contribution in [-0.2, 0) is 27.4 Å². The normalized spacial score (nSPS) is 17.4. The van der Waals surface area contributed by atoms with Gasteiger partial charge in [-0.3, -0.25) is 19.0 Å². The lowest BCUT2D eigenvalue weighted by atomic mass is 9.96. The number of likely N-dealkylation sites (N-methyl/N-ethyl adjacent to an activating group) is 1. The Morgan fingerprint density at radius 3 is 2.74 bits per heavy atom. The molecule has 10 nitrogen and oxygen atoms in total. The van der Waals surface area contributed by atoms with Crippen LogP contribution in [0.3, 0.4) is 0 Å². The molecule has 1 aliphatic carbocycles. The van der Waals surface area contributed by atoms with Crippen molar-refractivity contribution in [1.29, 1.82) is 0 Å². The molecule has 1 unspecified atom stereocenters. The zero-order valence-electron chi connectivity index (χ0n) is 21.0. The van der Waals surface area contributed by atoms with E-state index < -0.39 is 17.9 Å². The summed E-state index contributed by atoms with van der Waals surface area (Å²) in [5, 5.41) is 12.3. The molecule has 13 heteroatoms. The van der Waals surface area contributed by atoms with Gasteiger partial charge in [-0.05, 0) is 30.7 Å². The molecule has 0 radical (unpaired) electrons. The number of hydrogen-bond acceptors (Lipinski definition) is 6. The third-order valence-electron chi connectivity index (χ3n) is 5.91. The highest BCUT2D eigenvalue weighted by Gasteiger charge is 2.39. The predicted molar refractivity (Wildman–Crippen MR) is 133 cm³/mol. The van der Waals surface area contributed by atoms with Crippen molar-refractivity contribution in [3.63, 3.8) is 0 Å². The van der Waals surface area contributed by atoms with Crippen molar-refractivity contribution in [1.82, 2.24) is 34.8 Å². The van der Waals surface area contributed by atoms with Crippen molar-refractivity contribution in [3.05, 3.63) is 61.2 Å². The second-order valence-corrected chi connectivity index (χ2v) is 9.08. The fraction of sp³-hybridized carbons (Fsp3) is 0.320. The summed E-state index contributed by atoms with van der Waals surface area (Å²) in [5.41, 5.74) is 1.25. The van der Waals surface area contributed by atoms with Crippen molar-refractivity contribution < 1.29 is 27.5 Å². The number of rotatable bonds is 8. The van der Waals surface area contributed by atoms with Crippen LogP contribution in [0.5, 0.6) is 0 Å². The minimum Gasteiger partial charge on any atom is -0.347 e. The van der Waals surface area contributed by atoms with Crippen LogP contribution in [0.2, 0.25) is 0 Å². The van der Waals surface area contributed by atoms with E-state index in [4.69, 9.17) is 0 Å². The van der Waals surface area contributed by atoms with Gasteiger partial charge in [-0.2, -0.15) is 10.2 Å². The van der Waals surface area contributed by atoms with E-state index in [2.05, 4.69) is 31.8 Å². The van der Waals surface area contributed by atoms with Crippen LogP contribution >= 0.6 is 0 Å². The molecule has 3 aromatic rings. The number of nitrogens with one attached hydrogen (secondary N) is 1. The maximum atomic E-state index is 12.8. The first-order chi connectivity index (χ1) is 17.9. The van der Waals surface area contributed by atoms with E-state index >= 15 is 0 Å². The van der Waals surface area contributed by atoms with Crippen LogP contribution in [-0.4, -0.2) is 67.3 Å². The maximum Gasteiger partial charge on any atom is 0.523 e. The summed E-state index contributed by atoms with van der Waals surface area (Å²) < 4.78 is 45.8. The molecule has 1 atom stereocenters. The van der Waals surface area contributed by atoms with Gasteiger partial charge >= 0.3 is 6.36 Å². The van der Waals surface area contributed by atoms with E-state index in [1.54, 1.807) is 44.8 Å². The SMILES string of the molecule is C=CC(=O)NCc1nn(C2=CCC(C)(OC(F)(F)F)C=C2)c2nccc(-c3cnn(CC(=O)N(C)C)c3)c12. The van der Waals surface area contributed by atoms with Crippen LogP contribution in [0, 0.1) is 0 Å². The van der Waals surface area contributed by atoms with Crippen LogP contribution < -0.4 is 5.32 Å². The molecule has 1 N–H and O–H groups in total. The van der Waals surface area contributed by atoms with E-state index in [1.165, 1.54) is 33.3 Å². The number of hydrogen-bond donors (Lipinski definition) is 1. The number of aromatic nitrogens is 5. The van der Waals surface area contributed by atoms with Gasteiger partial charge in [0.05, 0.1) is 35.1 Å². The number of amides is 2. The molecule has 0 aromatic carbocycles. The lowest BCUT2D eigenvalue weighted by Gasteiger charge is -2.29. The minimum atomic E-state index is -4.78. The monoisotopic (exact) mass is 529 g/mol. The van der Waals surface area contributed by atoms with Gasteiger partial charge in [0, 0.05) is 38.5 Å². The number of alkyl halides is 3. The number of pyridine rings is 1. The zero-order valence-corrected chi connectivity index (χ0v) is 21.0. The van der Waals surface area contributed by atoms with Gasteiger partial charge in [-0.1, -0.05) is 18.7 Å². The van der Waals surface area contributed by atoms with E-state index in [0.717, 1.165) is 6.08 Å². The highest BCUT2D eigenvalue weighted by atomic mass is 19.4. The minimum absolute atomic E-state index is 0.0470. The molecule has 0 aliphatic heterocycles. The maximum absolute atomic E-state index is 12.8.